The van der Waals surface area contributed by atoms with Crippen molar-refractivity contribution in [2.75, 3.05) is 13.7 Å². The van der Waals surface area contributed by atoms with Crippen LogP contribution in [0.2, 0.25) is 0 Å². The predicted octanol–water partition coefficient (Wildman–Crippen LogP) is 2.89. The van der Waals surface area contributed by atoms with Gasteiger partial charge in [0, 0.05) is 24.5 Å². The van der Waals surface area contributed by atoms with Crippen molar-refractivity contribution in [1.82, 2.24) is 9.88 Å². The van der Waals surface area contributed by atoms with Crippen molar-refractivity contribution in [2.24, 2.45) is 0 Å². The van der Waals surface area contributed by atoms with Crippen LogP contribution in [0.3, 0.4) is 0 Å². The summed E-state index contributed by atoms with van der Waals surface area (Å²) in [6.45, 7) is 2.66. The van der Waals surface area contributed by atoms with Crippen molar-refractivity contribution >= 4 is 5.91 Å². The number of nitrogens with zero attached hydrogens (tertiary/aromatic N) is 2. The van der Waals surface area contributed by atoms with Crippen LogP contribution in [0.4, 0.5) is 0 Å². The normalized spacial score (nSPS) is 10.0. The van der Waals surface area contributed by atoms with E-state index in [1.165, 1.54) is 0 Å². The van der Waals surface area contributed by atoms with E-state index in [1.807, 2.05) is 24.3 Å². The second kappa shape index (κ2) is 7.32. The van der Waals surface area contributed by atoms with Gasteiger partial charge < -0.3 is 14.6 Å². The van der Waals surface area contributed by atoms with Gasteiger partial charge in [0.05, 0.1) is 12.7 Å². The van der Waals surface area contributed by atoms with E-state index in [1.54, 1.807) is 23.9 Å². The van der Waals surface area contributed by atoms with Crippen LogP contribution in [0.5, 0.6) is 5.75 Å². The van der Waals surface area contributed by atoms with Gasteiger partial charge in [0.15, 0.2) is 0 Å². The fourth-order valence-corrected chi connectivity index (χ4v) is 2.19. The molecule has 1 aromatic carbocycles. The average Bonchev–Trinajstić information content (AvgIpc) is 2.99. The van der Waals surface area contributed by atoms with Gasteiger partial charge in [0.25, 0.3) is 5.91 Å². The standard InChI is InChI=1S/C17H19N3O2/c1-3-4-9-19-17(21)16-13(12-18)8-10-20(16)14-6-5-7-15(11-14)22-2/h5-8,10-11H,3-4,9H2,1-2H3,(H,19,21). The lowest BCUT2D eigenvalue weighted by Gasteiger charge is -2.11. The maximum Gasteiger partial charge on any atom is 0.269 e. The summed E-state index contributed by atoms with van der Waals surface area (Å²) in [5.74, 6) is 0.458. The largest absolute Gasteiger partial charge is 0.497 e. The van der Waals surface area contributed by atoms with Crippen molar-refractivity contribution in [2.45, 2.75) is 19.8 Å². The van der Waals surface area contributed by atoms with Crippen molar-refractivity contribution in [3.8, 4) is 17.5 Å². The first-order chi connectivity index (χ1) is 10.7. The van der Waals surface area contributed by atoms with Gasteiger partial charge in [0.2, 0.25) is 0 Å². The molecular formula is C17H19N3O2. The highest BCUT2D eigenvalue weighted by Crippen LogP contribution is 2.21. The number of hydrogen-bond donors (Lipinski definition) is 1. The van der Waals surface area contributed by atoms with Gasteiger partial charge in [-0.2, -0.15) is 5.26 Å². The second-order valence-corrected chi connectivity index (χ2v) is 4.87. The number of carbonyl (C=O) groups is 1. The molecule has 1 amide bonds. The Labute approximate surface area is 130 Å². The first kappa shape index (κ1) is 15.6. The molecule has 2 aromatic rings. The highest BCUT2D eigenvalue weighted by atomic mass is 16.5. The molecule has 0 unspecified atom stereocenters. The Morgan fingerprint density at radius 1 is 1.41 bits per heavy atom. The minimum Gasteiger partial charge on any atom is -0.497 e. The van der Waals surface area contributed by atoms with Crippen molar-refractivity contribution in [1.29, 1.82) is 5.26 Å². The fraction of sp³-hybridized carbons (Fsp3) is 0.294. The molecule has 1 aromatic heterocycles. The molecule has 0 aliphatic rings. The Morgan fingerprint density at radius 2 is 2.23 bits per heavy atom. The van der Waals surface area contributed by atoms with Crippen LogP contribution in [0.1, 0.15) is 35.8 Å². The highest BCUT2D eigenvalue weighted by molar-refractivity contribution is 5.95. The third-order valence-electron chi connectivity index (χ3n) is 3.37. The third-order valence-corrected chi connectivity index (χ3v) is 3.37. The van der Waals surface area contributed by atoms with E-state index >= 15 is 0 Å². The number of benzene rings is 1. The molecule has 2 rings (SSSR count). The summed E-state index contributed by atoms with van der Waals surface area (Å²) in [4.78, 5) is 12.4. The van der Waals surface area contributed by atoms with Crippen LogP contribution in [0.15, 0.2) is 36.5 Å². The highest BCUT2D eigenvalue weighted by Gasteiger charge is 2.18. The third kappa shape index (κ3) is 3.29. The van der Waals surface area contributed by atoms with E-state index in [0.717, 1.165) is 18.5 Å². The molecular weight excluding hydrogens is 278 g/mol. The Morgan fingerprint density at radius 3 is 2.91 bits per heavy atom. The van der Waals surface area contributed by atoms with Gasteiger partial charge in [-0.25, -0.2) is 0 Å². The fourth-order valence-electron chi connectivity index (χ4n) is 2.19. The molecule has 0 saturated carbocycles. The first-order valence-electron chi connectivity index (χ1n) is 7.25. The van der Waals surface area contributed by atoms with Crippen LogP contribution in [-0.4, -0.2) is 24.1 Å². The number of methoxy groups -OCH3 is 1. The van der Waals surface area contributed by atoms with E-state index in [0.29, 0.717) is 23.6 Å². The maximum atomic E-state index is 12.4. The van der Waals surface area contributed by atoms with Gasteiger partial charge in [-0.1, -0.05) is 19.4 Å². The summed E-state index contributed by atoms with van der Waals surface area (Å²) >= 11 is 0. The molecule has 114 valence electrons. The summed E-state index contributed by atoms with van der Waals surface area (Å²) in [6, 6.07) is 11.1. The van der Waals surface area contributed by atoms with Crippen molar-refractivity contribution in [3.63, 3.8) is 0 Å². The minimum absolute atomic E-state index is 0.238. The molecule has 0 saturated heterocycles. The number of unbranched alkanes of at least 4 members (excludes halogenated alkanes) is 1. The number of rotatable bonds is 6. The Kier molecular flexibility index (Phi) is 5.21. The zero-order valence-corrected chi connectivity index (χ0v) is 12.8. The number of nitrogens with one attached hydrogen (secondary N) is 1. The number of carbonyl (C=O) groups excluding carboxylic acids is 1. The summed E-state index contributed by atoms with van der Waals surface area (Å²) < 4.78 is 6.92. The van der Waals surface area contributed by atoms with Crippen LogP contribution in [0.25, 0.3) is 5.69 Å². The summed E-state index contributed by atoms with van der Waals surface area (Å²) in [6.07, 6.45) is 3.64. The summed E-state index contributed by atoms with van der Waals surface area (Å²) in [7, 11) is 1.59. The molecule has 0 aliphatic heterocycles. The molecule has 5 heteroatoms. The summed E-state index contributed by atoms with van der Waals surface area (Å²) in [5.41, 5.74) is 1.49. The molecule has 0 spiro atoms. The molecule has 0 bridgehead atoms. The van der Waals surface area contributed by atoms with E-state index < -0.39 is 0 Å². The lowest BCUT2D eigenvalue weighted by atomic mass is 10.2. The number of hydrogen-bond acceptors (Lipinski definition) is 3. The van der Waals surface area contributed by atoms with Crippen LogP contribution < -0.4 is 10.1 Å². The topological polar surface area (TPSA) is 67.0 Å². The van der Waals surface area contributed by atoms with E-state index in [2.05, 4.69) is 18.3 Å². The molecule has 0 fully saturated rings. The number of amides is 1. The first-order valence-corrected chi connectivity index (χ1v) is 7.25. The molecule has 0 radical (unpaired) electrons. The Bertz CT molecular complexity index is 698. The van der Waals surface area contributed by atoms with Crippen LogP contribution in [-0.2, 0) is 0 Å². The van der Waals surface area contributed by atoms with Crippen molar-refractivity contribution in [3.05, 3.63) is 47.8 Å². The van der Waals surface area contributed by atoms with Gasteiger partial charge in [0.1, 0.15) is 17.5 Å². The molecule has 1 heterocycles. The van der Waals surface area contributed by atoms with E-state index in [4.69, 9.17) is 4.74 Å². The molecule has 1 N–H and O–H groups in total. The molecule has 0 aliphatic carbocycles. The maximum absolute atomic E-state index is 12.4. The lowest BCUT2D eigenvalue weighted by molar-refractivity contribution is 0.0946. The SMILES string of the molecule is CCCCNC(=O)c1c(C#N)ccn1-c1cccc(OC)c1. The average molecular weight is 297 g/mol. The Hall–Kier alpha value is -2.74. The van der Waals surface area contributed by atoms with Gasteiger partial charge in [-0.05, 0) is 24.6 Å². The second-order valence-electron chi connectivity index (χ2n) is 4.87. The smallest absolute Gasteiger partial charge is 0.269 e. The van der Waals surface area contributed by atoms with Gasteiger partial charge >= 0.3 is 0 Å². The van der Waals surface area contributed by atoms with Crippen LogP contribution in [0, 0.1) is 11.3 Å². The summed E-state index contributed by atoms with van der Waals surface area (Å²) in [5, 5.41) is 12.1. The monoisotopic (exact) mass is 297 g/mol. The van der Waals surface area contributed by atoms with Gasteiger partial charge in [-0.15, -0.1) is 0 Å². The number of nitriles is 1. The number of aromatic nitrogens is 1. The minimum atomic E-state index is -0.238. The molecule has 0 atom stereocenters. The lowest BCUT2D eigenvalue weighted by Crippen LogP contribution is -2.27. The van der Waals surface area contributed by atoms with Gasteiger partial charge in [-0.3, -0.25) is 4.79 Å². The number of ether oxygens (including phenoxy) is 1. The van der Waals surface area contributed by atoms with Crippen LogP contribution >= 0.6 is 0 Å². The molecule has 5 nitrogen and oxygen atoms in total. The zero-order valence-electron chi connectivity index (χ0n) is 12.8. The quantitative estimate of drug-likeness (QED) is 0.834. The Balaban J connectivity index is 2.38. The van der Waals surface area contributed by atoms with E-state index in [9.17, 15) is 10.1 Å². The predicted molar refractivity (Wildman–Crippen MR) is 84.3 cm³/mol. The van der Waals surface area contributed by atoms with E-state index in [-0.39, 0.29) is 5.91 Å². The zero-order chi connectivity index (χ0) is 15.9. The molecule has 22 heavy (non-hydrogen) atoms. The van der Waals surface area contributed by atoms with Crippen molar-refractivity contribution < 1.29 is 9.53 Å².